The number of aryl methyl sites for hydroxylation is 2. The standard InChI is InChI=1S/C39H55N3O8.C2H6/c1-32-8-10-35-38(30-32)48-22-16-42(34-6-4-5-7-37(34)50-29-24-43-3)17-23-49-39-31-33(2)9-11-36(39)41-14-20-46-27-25-44-18-12-40(35)13-19-45-26-28-47-21-15-41;1-2/h4-11,30-31H,12-29H2,1-3H3;1-2H3. The molecule has 0 spiro atoms. The van der Waals surface area contributed by atoms with Crippen LogP contribution >= 0.6 is 0 Å². The fourth-order valence-corrected chi connectivity index (χ4v) is 6.00. The van der Waals surface area contributed by atoms with Gasteiger partial charge in [0.2, 0.25) is 0 Å². The summed E-state index contributed by atoms with van der Waals surface area (Å²) in [5.74, 6) is 2.46. The van der Waals surface area contributed by atoms with E-state index in [2.05, 4.69) is 71.0 Å². The van der Waals surface area contributed by atoms with Gasteiger partial charge in [-0.25, -0.2) is 0 Å². The van der Waals surface area contributed by atoms with Gasteiger partial charge in [-0.3, -0.25) is 0 Å². The molecule has 0 saturated carbocycles. The second-order valence-electron chi connectivity index (χ2n) is 12.4. The Hall–Kier alpha value is -3.74. The Bertz CT molecular complexity index is 1330. The summed E-state index contributed by atoms with van der Waals surface area (Å²) in [6, 6.07) is 20.8. The molecule has 3 aromatic rings. The van der Waals surface area contributed by atoms with Crippen molar-refractivity contribution in [2.75, 3.05) is 140 Å². The molecule has 0 unspecified atom stereocenters. The number of nitrogens with zero attached hydrogens (tertiary/aromatic N) is 3. The van der Waals surface area contributed by atoms with Crippen LogP contribution in [-0.2, 0) is 23.7 Å². The van der Waals surface area contributed by atoms with Gasteiger partial charge in [0.25, 0.3) is 0 Å². The van der Waals surface area contributed by atoms with Gasteiger partial charge in [-0.05, 0) is 61.4 Å². The van der Waals surface area contributed by atoms with Gasteiger partial charge >= 0.3 is 0 Å². The fourth-order valence-electron chi connectivity index (χ4n) is 6.00. The molecule has 0 aliphatic carbocycles. The van der Waals surface area contributed by atoms with Crippen molar-refractivity contribution in [3.05, 3.63) is 71.8 Å². The lowest BCUT2D eigenvalue weighted by Gasteiger charge is -2.29. The zero-order chi connectivity index (χ0) is 36.8. The van der Waals surface area contributed by atoms with Crippen molar-refractivity contribution in [2.24, 2.45) is 0 Å². The fraction of sp³-hybridized carbons (Fsp3) is 0.561. The van der Waals surface area contributed by atoms with E-state index in [1.165, 1.54) is 0 Å². The molecule has 0 atom stereocenters. The van der Waals surface area contributed by atoms with Gasteiger partial charge in [0.05, 0.1) is 89.6 Å². The third-order valence-corrected chi connectivity index (χ3v) is 8.67. The molecule has 0 N–H and O–H groups in total. The van der Waals surface area contributed by atoms with Gasteiger partial charge in [-0.15, -0.1) is 0 Å². The summed E-state index contributed by atoms with van der Waals surface area (Å²) in [6.07, 6.45) is 0. The highest BCUT2D eigenvalue weighted by atomic mass is 16.5. The van der Waals surface area contributed by atoms with E-state index in [0.717, 1.165) is 45.4 Å². The van der Waals surface area contributed by atoms with Crippen LogP contribution in [0, 0.1) is 13.8 Å². The Morgan fingerprint density at radius 3 is 1.38 bits per heavy atom. The predicted octanol–water partition coefficient (Wildman–Crippen LogP) is 6.03. The first kappa shape index (κ1) is 41.0. The van der Waals surface area contributed by atoms with Crippen LogP contribution in [0.25, 0.3) is 0 Å². The SMILES string of the molecule is CC.COCCOc1ccccc1N1CCOc2cc(C)ccc2N2CCOCCOCCN(CCOCCOCC2)c2ccc(C)cc2OCC1. The van der Waals surface area contributed by atoms with Gasteiger partial charge in [-0.2, -0.15) is 0 Å². The van der Waals surface area contributed by atoms with E-state index in [0.29, 0.717) is 119 Å². The molecule has 11 heteroatoms. The minimum atomic E-state index is 0.459. The third-order valence-electron chi connectivity index (χ3n) is 8.67. The van der Waals surface area contributed by atoms with Crippen LogP contribution in [-0.4, -0.2) is 126 Å². The maximum Gasteiger partial charge on any atom is 0.142 e. The summed E-state index contributed by atoms with van der Waals surface area (Å²) in [5.41, 5.74) is 5.27. The maximum atomic E-state index is 6.61. The maximum absolute atomic E-state index is 6.61. The molecule has 0 aromatic heterocycles. The summed E-state index contributed by atoms with van der Waals surface area (Å²) in [4.78, 5) is 6.84. The molecule has 3 aromatic carbocycles. The molecule has 0 amide bonds. The van der Waals surface area contributed by atoms with Crippen LogP contribution in [0.4, 0.5) is 17.1 Å². The van der Waals surface area contributed by atoms with Crippen LogP contribution in [0.3, 0.4) is 0 Å². The summed E-state index contributed by atoms with van der Waals surface area (Å²) >= 11 is 0. The lowest BCUT2D eigenvalue weighted by atomic mass is 10.2. The first-order valence-corrected chi connectivity index (χ1v) is 18.9. The number of ether oxygens (including phenoxy) is 8. The highest BCUT2D eigenvalue weighted by Gasteiger charge is 2.19. The number of anilines is 3. The number of hydrogen-bond donors (Lipinski definition) is 0. The molecule has 52 heavy (non-hydrogen) atoms. The first-order valence-electron chi connectivity index (χ1n) is 18.9. The van der Waals surface area contributed by atoms with E-state index in [-0.39, 0.29) is 0 Å². The van der Waals surface area contributed by atoms with Gasteiger partial charge in [0.15, 0.2) is 0 Å². The topological polar surface area (TPSA) is 83.6 Å². The molecule has 3 aliphatic rings. The van der Waals surface area contributed by atoms with Crippen LogP contribution in [0.5, 0.6) is 17.2 Å². The Labute approximate surface area is 311 Å². The van der Waals surface area contributed by atoms with Gasteiger partial charge < -0.3 is 52.6 Å². The van der Waals surface area contributed by atoms with Gasteiger partial charge in [-0.1, -0.05) is 38.1 Å². The number of rotatable bonds is 5. The van der Waals surface area contributed by atoms with Crippen molar-refractivity contribution in [3.8, 4) is 17.2 Å². The smallest absolute Gasteiger partial charge is 0.142 e. The highest BCUT2D eigenvalue weighted by molar-refractivity contribution is 5.62. The Morgan fingerprint density at radius 2 is 0.923 bits per heavy atom. The van der Waals surface area contributed by atoms with Crippen LogP contribution in [0.1, 0.15) is 25.0 Å². The van der Waals surface area contributed by atoms with Crippen molar-refractivity contribution < 1.29 is 37.9 Å². The predicted molar refractivity (Wildman–Crippen MR) is 208 cm³/mol. The van der Waals surface area contributed by atoms with Crippen molar-refractivity contribution in [1.82, 2.24) is 0 Å². The van der Waals surface area contributed by atoms with Crippen molar-refractivity contribution >= 4 is 17.1 Å². The van der Waals surface area contributed by atoms with E-state index in [1.807, 2.05) is 32.0 Å². The van der Waals surface area contributed by atoms with E-state index in [4.69, 9.17) is 37.9 Å². The minimum Gasteiger partial charge on any atom is -0.490 e. The van der Waals surface area contributed by atoms with Crippen molar-refractivity contribution in [3.63, 3.8) is 0 Å². The minimum absolute atomic E-state index is 0.459. The molecule has 2 bridgehead atoms. The quantitative estimate of drug-likeness (QED) is 0.229. The first-order chi connectivity index (χ1) is 25.6. The highest BCUT2D eigenvalue weighted by Crippen LogP contribution is 2.33. The summed E-state index contributed by atoms with van der Waals surface area (Å²) < 4.78 is 48.8. The second kappa shape index (κ2) is 23.7. The number of methoxy groups -OCH3 is 1. The van der Waals surface area contributed by atoms with E-state index < -0.39 is 0 Å². The van der Waals surface area contributed by atoms with Crippen molar-refractivity contribution in [1.29, 1.82) is 0 Å². The summed E-state index contributed by atoms with van der Waals surface area (Å²) in [5, 5.41) is 0. The normalized spacial score (nSPS) is 17.4. The molecule has 1 saturated heterocycles. The summed E-state index contributed by atoms with van der Waals surface area (Å²) in [7, 11) is 1.68. The Morgan fingerprint density at radius 1 is 0.500 bits per heavy atom. The largest absolute Gasteiger partial charge is 0.490 e. The summed E-state index contributed by atoms with van der Waals surface area (Å²) in [6.45, 7) is 18.4. The number of para-hydroxylation sites is 2. The third kappa shape index (κ3) is 13.3. The molecule has 11 nitrogen and oxygen atoms in total. The molecular formula is C41H61N3O8. The van der Waals surface area contributed by atoms with Crippen molar-refractivity contribution in [2.45, 2.75) is 27.7 Å². The second-order valence-corrected chi connectivity index (χ2v) is 12.4. The lowest BCUT2D eigenvalue weighted by molar-refractivity contribution is 0.0435. The molecular weight excluding hydrogens is 662 g/mol. The van der Waals surface area contributed by atoms with Gasteiger partial charge in [0.1, 0.15) is 37.1 Å². The number of fused-ring (bicyclic) bond motifs is 20. The molecule has 1 fully saturated rings. The number of hydrogen-bond acceptors (Lipinski definition) is 11. The van der Waals surface area contributed by atoms with Crippen LogP contribution in [0.15, 0.2) is 60.7 Å². The molecule has 3 heterocycles. The average Bonchev–Trinajstić information content (AvgIpc) is 3.15. The van der Waals surface area contributed by atoms with E-state index in [1.54, 1.807) is 7.11 Å². The van der Waals surface area contributed by atoms with E-state index >= 15 is 0 Å². The monoisotopic (exact) mass is 723 g/mol. The van der Waals surface area contributed by atoms with E-state index in [9.17, 15) is 0 Å². The van der Waals surface area contributed by atoms with Crippen LogP contribution < -0.4 is 28.9 Å². The van der Waals surface area contributed by atoms with Crippen LogP contribution in [0.2, 0.25) is 0 Å². The number of benzene rings is 3. The Balaban J connectivity index is 0.00000297. The zero-order valence-corrected chi connectivity index (χ0v) is 32.1. The zero-order valence-electron chi connectivity index (χ0n) is 32.1. The van der Waals surface area contributed by atoms with Gasteiger partial charge in [0, 0.05) is 33.3 Å². The molecule has 3 aliphatic heterocycles. The average molecular weight is 724 g/mol. The molecule has 288 valence electrons. The Kier molecular flexibility index (Phi) is 18.7. The lowest BCUT2D eigenvalue weighted by Crippen LogP contribution is -2.34. The molecule has 6 rings (SSSR count). The molecule has 0 radical (unpaired) electrons.